The van der Waals surface area contributed by atoms with Gasteiger partial charge >= 0.3 is 0 Å². The molecular weight excluding hydrogens is 282 g/mol. The van der Waals surface area contributed by atoms with Crippen molar-refractivity contribution in [2.24, 2.45) is 5.92 Å². The second-order valence-corrected chi connectivity index (χ2v) is 7.46. The molecule has 0 bridgehead atoms. The van der Waals surface area contributed by atoms with Crippen LogP contribution >= 0.6 is 11.8 Å². The summed E-state index contributed by atoms with van der Waals surface area (Å²) >= 11 is 1.89. The first kappa shape index (κ1) is 14.9. The summed E-state index contributed by atoms with van der Waals surface area (Å²) in [5.74, 6) is -0.269. The van der Waals surface area contributed by atoms with Gasteiger partial charge in [-0.15, -0.1) is 11.8 Å². The van der Waals surface area contributed by atoms with Crippen molar-refractivity contribution in [2.45, 2.75) is 61.2 Å². The van der Waals surface area contributed by atoms with Crippen molar-refractivity contribution < 1.29 is 9.90 Å². The monoisotopic (exact) mass is 305 g/mol. The van der Waals surface area contributed by atoms with E-state index in [0.717, 1.165) is 29.8 Å². The molecule has 0 spiro atoms. The molecule has 1 aromatic rings. The average Bonchev–Trinajstić information content (AvgIpc) is 3.12. The minimum absolute atomic E-state index is 0.0283. The van der Waals surface area contributed by atoms with Gasteiger partial charge < -0.3 is 10.4 Å². The van der Waals surface area contributed by atoms with E-state index in [0.29, 0.717) is 5.25 Å². The van der Waals surface area contributed by atoms with Crippen molar-refractivity contribution in [3.8, 4) is 0 Å². The van der Waals surface area contributed by atoms with Crippen molar-refractivity contribution in [3.63, 3.8) is 0 Å². The molecule has 0 aromatic heterocycles. The Balaban J connectivity index is 1.68. The standard InChI is InChI=1S/C17H23NO2S/c19-15-10-5-8-13(15)17(20)18-14-9-3-4-11-16(14)21-12-6-1-2-7-12/h3-4,9,11-13,15,19H,1-2,5-8,10H2,(H,18,20). The lowest BCUT2D eigenvalue weighted by molar-refractivity contribution is -0.122. The van der Waals surface area contributed by atoms with Crippen LogP contribution in [0.25, 0.3) is 0 Å². The second-order valence-electron chi connectivity index (χ2n) is 6.11. The number of aliphatic hydroxyl groups excluding tert-OH is 1. The highest BCUT2D eigenvalue weighted by molar-refractivity contribution is 8.00. The summed E-state index contributed by atoms with van der Waals surface area (Å²) in [5, 5.41) is 13.6. The van der Waals surface area contributed by atoms with Gasteiger partial charge in [-0.05, 0) is 44.2 Å². The molecule has 4 heteroatoms. The third kappa shape index (κ3) is 3.61. The highest BCUT2D eigenvalue weighted by Gasteiger charge is 2.31. The zero-order valence-corrected chi connectivity index (χ0v) is 13.1. The van der Waals surface area contributed by atoms with Crippen molar-refractivity contribution in [2.75, 3.05) is 5.32 Å². The van der Waals surface area contributed by atoms with Crippen molar-refractivity contribution in [3.05, 3.63) is 24.3 Å². The SMILES string of the molecule is O=C(Nc1ccccc1SC1CCCC1)C1CCCC1O. The molecule has 0 aliphatic heterocycles. The summed E-state index contributed by atoms with van der Waals surface area (Å²) in [6, 6.07) is 8.04. The summed E-state index contributed by atoms with van der Waals surface area (Å²) in [4.78, 5) is 13.5. The molecule has 1 aromatic carbocycles. The Morgan fingerprint density at radius 1 is 1.10 bits per heavy atom. The largest absolute Gasteiger partial charge is 0.392 e. The van der Waals surface area contributed by atoms with E-state index in [2.05, 4.69) is 11.4 Å². The quantitative estimate of drug-likeness (QED) is 0.889. The number of para-hydroxylation sites is 1. The molecule has 114 valence electrons. The number of benzene rings is 1. The van der Waals surface area contributed by atoms with Gasteiger partial charge in [0, 0.05) is 10.1 Å². The van der Waals surface area contributed by atoms with Gasteiger partial charge in [-0.1, -0.05) is 25.0 Å². The Morgan fingerprint density at radius 3 is 2.57 bits per heavy atom. The lowest BCUT2D eigenvalue weighted by atomic mass is 10.1. The minimum atomic E-state index is -0.473. The first-order chi connectivity index (χ1) is 10.2. The van der Waals surface area contributed by atoms with Gasteiger partial charge in [0.05, 0.1) is 17.7 Å². The zero-order chi connectivity index (χ0) is 14.7. The maximum atomic E-state index is 12.3. The normalized spacial score (nSPS) is 26.1. The van der Waals surface area contributed by atoms with E-state index >= 15 is 0 Å². The van der Waals surface area contributed by atoms with Crippen LogP contribution < -0.4 is 5.32 Å². The second kappa shape index (κ2) is 6.84. The lowest BCUT2D eigenvalue weighted by Crippen LogP contribution is -2.28. The smallest absolute Gasteiger partial charge is 0.230 e. The van der Waals surface area contributed by atoms with Gasteiger partial charge in [-0.2, -0.15) is 0 Å². The first-order valence-electron chi connectivity index (χ1n) is 7.98. The van der Waals surface area contributed by atoms with Gasteiger partial charge in [0.1, 0.15) is 0 Å². The van der Waals surface area contributed by atoms with E-state index in [1.165, 1.54) is 25.7 Å². The summed E-state index contributed by atoms with van der Waals surface area (Å²) in [7, 11) is 0. The molecule has 3 nitrogen and oxygen atoms in total. The van der Waals surface area contributed by atoms with Crippen LogP contribution in [0.4, 0.5) is 5.69 Å². The lowest BCUT2D eigenvalue weighted by Gasteiger charge is -2.17. The molecule has 2 atom stereocenters. The van der Waals surface area contributed by atoms with Crippen molar-refractivity contribution in [1.82, 2.24) is 0 Å². The maximum absolute atomic E-state index is 12.3. The third-order valence-electron chi connectivity index (χ3n) is 4.56. The van der Waals surface area contributed by atoms with Gasteiger partial charge in [-0.3, -0.25) is 4.79 Å². The van der Waals surface area contributed by atoms with Gasteiger partial charge in [-0.25, -0.2) is 0 Å². The zero-order valence-electron chi connectivity index (χ0n) is 12.3. The van der Waals surface area contributed by atoms with E-state index in [9.17, 15) is 9.90 Å². The van der Waals surface area contributed by atoms with E-state index in [1.807, 2.05) is 30.0 Å². The predicted molar refractivity (Wildman–Crippen MR) is 86.5 cm³/mol. The number of carbonyl (C=O) groups is 1. The fourth-order valence-electron chi connectivity index (χ4n) is 3.33. The maximum Gasteiger partial charge on any atom is 0.230 e. The number of nitrogens with one attached hydrogen (secondary N) is 1. The molecule has 2 saturated carbocycles. The molecule has 0 radical (unpaired) electrons. The number of rotatable bonds is 4. The summed E-state index contributed by atoms with van der Waals surface area (Å²) in [5.41, 5.74) is 0.901. The van der Waals surface area contributed by atoms with Crippen molar-refractivity contribution in [1.29, 1.82) is 0 Å². The number of thioether (sulfide) groups is 1. The Labute approximate surface area is 130 Å². The number of hydrogen-bond acceptors (Lipinski definition) is 3. The van der Waals surface area contributed by atoms with Gasteiger partial charge in [0.25, 0.3) is 0 Å². The molecule has 2 aliphatic carbocycles. The van der Waals surface area contributed by atoms with E-state index in [-0.39, 0.29) is 11.8 Å². The van der Waals surface area contributed by atoms with Crippen molar-refractivity contribution >= 4 is 23.4 Å². The molecule has 2 unspecified atom stereocenters. The Morgan fingerprint density at radius 2 is 1.86 bits per heavy atom. The fourth-order valence-corrected chi connectivity index (χ4v) is 4.66. The minimum Gasteiger partial charge on any atom is -0.392 e. The molecule has 3 rings (SSSR count). The highest BCUT2D eigenvalue weighted by Crippen LogP contribution is 2.38. The van der Waals surface area contributed by atoms with E-state index in [1.54, 1.807) is 0 Å². The van der Waals surface area contributed by atoms with Crippen LogP contribution in [0.1, 0.15) is 44.9 Å². The number of hydrogen-bond donors (Lipinski definition) is 2. The van der Waals surface area contributed by atoms with Crippen LogP contribution in [0.15, 0.2) is 29.2 Å². The molecular formula is C17H23NO2S. The van der Waals surface area contributed by atoms with E-state index < -0.39 is 6.10 Å². The van der Waals surface area contributed by atoms with Crippen LogP contribution in [0.3, 0.4) is 0 Å². The average molecular weight is 305 g/mol. The van der Waals surface area contributed by atoms with E-state index in [4.69, 9.17) is 0 Å². The van der Waals surface area contributed by atoms with Crippen LogP contribution in [-0.4, -0.2) is 22.4 Å². The number of amides is 1. The molecule has 0 saturated heterocycles. The number of aliphatic hydroxyl groups is 1. The molecule has 0 heterocycles. The third-order valence-corrected chi connectivity index (χ3v) is 5.97. The topological polar surface area (TPSA) is 49.3 Å². The Kier molecular flexibility index (Phi) is 4.86. The Bertz CT molecular complexity index is 499. The summed E-state index contributed by atoms with van der Waals surface area (Å²) in [6.45, 7) is 0. The van der Waals surface area contributed by atoms with Crippen LogP contribution in [0.5, 0.6) is 0 Å². The van der Waals surface area contributed by atoms with Crippen LogP contribution in [0.2, 0.25) is 0 Å². The molecule has 2 aliphatic rings. The number of carbonyl (C=O) groups excluding carboxylic acids is 1. The van der Waals surface area contributed by atoms with Crippen LogP contribution in [-0.2, 0) is 4.79 Å². The van der Waals surface area contributed by atoms with Gasteiger partial charge in [0.15, 0.2) is 0 Å². The predicted octanol–water partition coefficient (Wildman–Crippen LogP) is 3.82. The molecule has 2 fully saturated rings. The number of anilines is 1. The highest BCUT2D eigenvalue weighted by atomic mass is 32.2. The van der Waals surface area contributed by atoms with Gasteiger partial charge in [0.2, 0.25) is 5.91 Å². The molecule has 2 N–H and O–H groups in total. The summed E-state index contributed by atoms with van der Waals surface area (Å²) in [6.07, 6.45) is 7.20. The first-order valence-corrected chi connectivity index (χ1v) is 8.86. The summed E-state index contributed by atoms with van der Waals surface area (Å²) < 4.78 is 0. The van der Waals surface area contributed by atoms with Crippen LogP contribution in [0, 0.1) is 5.92 Å². The fraction of sp³-hybridized carbons (Fsp3) is 0.588. The Hall–Kier alpha value is -1.00. The molecule has 1 amide bonds. The molecule has 21 heavy (non-hydrogen) atoms.